The Morgan fingerprint density at radius 1 is 1.21 bits per heavy atom. The molecule has 24 heavy (non-hydrogen) atoms. The second-order valence-electron chi connectivity index (χ2n) is 6.64. The van der Waals surface area contributed by atoms with Crippen molar-refractivity contribution in [3.8, 4) is 0 Å². The fraction of sp³-hybridized carbons (Fsp3) is 0.632. The van der Waals surface area contributed by atoms with E-state index in [0.717, 1.165) is 56.3 Å². The van der Waals surface area contributed by atoms with Crippen molar-refractivity contribution >= 4 is 5.97 Å². The van der Waals surface area contributed by atoms with Crippen LogP contribution in [0.4, 0.5) is 0 Å². The number of carbonyl (C=O) groups is 1. The van der Waals surface area contributed by atoms with Crippen LogP contribution in [-0.2, 0) is 4.79 Å². The van der Waals surface area contributed by atoms with Crippen LogP contribution >= 0.6 is 0 Å². The van der Waals surface area contributed by atoms with Gasteiger partial charge < -0.3 is 20.2 Å². The first-order valence-electron chi connectivity index (χ1n) is 8.68. The molecule has 0 spiro atoms. The van der Waals surface area contributed by atoms with Crippen LogP contribution in [0, 0.1) is 5.92 Å². The Morgan fingerprint density at radius 2 is 1.79 bits per heavy atom. The molecule has 0 aromatic carbocycles. The van der Waals surface area contributed by atoms with E-state index in [-0.39, 0.29) is 6.54 Å². The number of aliphatic carboxylic acids is 1. The smallest absolute Gasteiger partial charge is 0.335 e. The van der Waals surface area contributed by atoms with E-state index in [1.807, 2.05) is 17.1 Å². The average Bonchev–Trinajstić information content (AvgIpc) is 2.57. The van der Waals surface area contributed by atoms with Crippen molar-refractivity contribution in [2.75, 3.05) is 19.6 Å². The summed E-state index contributed by atoms with van der Waals surface area (Å²) in [6.07, 6.45) is 6.18. The highest BCUT2D eigenvalue weighted by atomic mass is 16.4. The molecular weight excluding hydrogens is 306 g/mol. The van der Waals surface area contributed by atoms with Crippen molar-refractivity contribution in [1.29, 1.82) is 0 Å². The van der Waals surface area contributed by atoms with E-state index < -0.39 is 18.2 Å². The predicted octanol–water partition coefficient (Wildman–Crippen LogP) is 2.36. The number of carboxylic acid groups (broad SMARTS) is 1. The quantitative estimate of drug-likeness (QED) is 0.533. The van der Waals surface area contributed by atoms with Gasteiger partial charge in [0.25, 0.3) is 0 Å². The summed E-state index contributed by atoms with van der Waals surface area (Å²) in [5.41, 5.74) is 2.22. The van der Waals surface area contributed by atoms with Gasteiger partial charge in [-0.05, 0) is 51.1 Å². The summed E-state index contributed by atoms with van der Waals surface area (Å²) in [6, 6.07) is 0. The van der Waals surface area contributed by atoms with Crippen LogP contribution in [0.5, 0.6) is 0 Å². The molecule has 0 aromatic rings. The van der Waals surface area contributed by atoms with Gasteiger partial charge in [-0.2, -0.15) is 0 Å². The maximum Gasteiger partial charge on any atom is 0.335 e. The van der Waals surface area contributed by atoms with Crippen LogP contribution in [0.3, 0.4) is 0 Å². The Balaban J connectivity index is 2.26. The van der Waals surface area contributed by atoms with E-state index in [4.69, 9.17) is 5.11 Å². The predicted molar refractivity (Wildman–Crippen MR) is 95.8 cm³/mol. The minimum Gasteiger partial charge on any atom is -0.479 e. The van der Waals surface area contributed by atoms with E-state index in [0.29, 0.717) is 5.92 Å². The Hall–Kier alpha value is -1.43. The number of allylic oxidation sites excluding steroid dienone is 4. The largest absolute Gasteiger partial charge is 0.479 e. The number of hydrogen-bond acceptors (Lipinski definition) is 4. The maximum absolute atomic E-state index is 10.7. The van der Waals surface area contributed by atoms with Gasteiger partial charge >= 0.3 is 5.97 Å². The molecule has 5 nitrogen and oxygen atoms in total. The summed E-state index contributed by atoms with van der Waals surface area (Å²) < 4.78 is 0. The molecule has 0 bridgehead atoms. The Bertz CT molecular complexity index is 464. The van der Waals surface area contributed by atoms with Crippen molar-refractivity contribution in [3.05, 3.63) is 36.5 Å². The molecule has 1 aliphatic rings. The molecule has 1 saturated heterocycles. The highest BCUT2D eigenvalue weighted by Gasteiger charge is 2.27. The highest BCUT2D eigenvalue weighted by Crippen LogP contribution is 2.24. The van der Waals surface area contributed by atoms with Crippen LogP contribution in [-0.4, -0.2) is 58.0 Å². The maximum atomic E-state index is 10.7. The minimum atomic E-state index is -1.71. The number of rotatable bonds is 10. The van der Waals surface area contributed by atoms with Gasteiger partial charge in [0.1, 0.15) is 6.10 Å². The third-order valence-corrected chi connectivity index (χ3v) is 4.65. The summed E-state index contributed by atoms with van der Waals surface area (Å²) in [7, 11) is 0. The number of piperidine rings is 1. The molecule has 0 radical (unpaired) electrons. The Labute approximate surface area is 145 Å². The number of aliphatic hydroxyl groups is 2. The second kappa shape index (κ2) is 10.4. The number of aliphatic hydroxyl groups excluding tert-OH is 2. The second-order valence-corrected chi connectivity index (χ2v) is 6.64. The van der Waals surface area contributed by atoms with Gasteiger partial charge in [-0.25, -0.2) is 4.79 Å². The topological polar surface area (TPSA) is 81.0 Å². The van der Waals surface area contributed by atoms with Gasteiger partial charge in [0, 0.05) is 6.54 Å². The molecule has 136 valence electrons. The molecule has 0 aliphatic carbocycles. The molecule has 1 rings (SSSR count). The normalized spacial score (nSPS) is 19.3. The summed E-state index contributed by atoms with van der Waals surface area (Å²) in [5.74, 6) is -0.753. The van der Waals surface area contributed by atoms with E-state index in [1.54, 1.807) is 0 Å². The summed E-state index contributed by atoms with van der Waals surface area (Å²) >= 11 is 0. The van der Waals surface area contributed by atoms with Crippen molar-refractivity contribution in [1.82, 2.24) is 4.90 Å². The van der Waals surface area contributed by atoms with E-state index in [1.165, 1.54) is 0 Å². The van der Waals surface area contributed by atoms with Gasteiger partial charge in [0.2, 0.25) is 0 Å². The Kier molecular flexibility index (Phi) is 8.97. The number of β-amino-alcohol motifs (C(OH)–C–C–N with tert-alkyl or cyclic N) is 1. The zero-order valence-corrected chi connectivity index (χ0v) is 14.7. The number of hydrogen-bond donors (Lipinski definition) is 3. The van der Waals surface area contributed by atoms with Crippen molar-refractivity contribution in [3.63, 3.8) is 0 Å². The molecule has 2 unspecified atom stereocenters. The summed E-state index contributed by atoms with van der Waals surface area (Å²) in [4.78, 5) is 12.7. The minimum absolute atomic E-state index is 0.203. The third-order valence-electron chi connectivity index (χ3n) is 4.65. The molecule has 3 N–H and O–H groups in total. The third kappa shape index (κ3) is 7.43. The highest BCUT2D eigenvalue weighted by molar-refractivity contribution is 5.72. The monoisotopic (exact) mass is 337 g/mol. The number of likely N-dealkylation sites (tertiary alicyclic amines) is 1. The lowest BCUT2D eigenvalue weighted by Gasteiger charge is -2.33. The summed E-state index contributed by atoms with van der Waals surface area (Å²) in [5, 5.41) is 27.7. The molecular formula is C19H31NO4. The van der Waals surface area contributed by atoms with Crippen LogP contribution in [0.25, 0.3) is 0 Å². The fourth-order valence-electron chi connectivity index (χ4n) is 2.81. The zero-order chi connectivity index (χ0) is 18.1. The molecule has 5 heteroatoms. The molecule has 2 atom stereocenters. The number of carboxylic acids is 1. The van der Waals surface area contributed by atoms with Crippen LogP contribution in [0.2, 0.25) is 0 Å². The molecule has 0 saturated carbocycles. The van der Waals surface area contributed by atoms with Crippen molar-refractivity contribution in [2.24, 2.45) is 5.92 Å². The van der Waals surface area contributed by atoms with Crippen LogP contribution < -0.4 is 0 Å². The summed E-state index contributed by atoms with van der Waals surface area (Å²) in [6.45, 7) is 11.9. The molecule has 1 fully saturated rings. The average molecular weight is 337 g/mol. The first-order chi connectivity index (χ1) is 11.3. The lowest BCUT2D eigenvalue weighted by Crippen LogP contribution is -2.45. The van der Waals surface area contributed by atoms with Crippen LogP contribution in [0.15, 0.2) is 36.5 Å². The SMILES string of the molecule is C=C(/C=C\C(=C)CCC1CCN(CC(O)C(O)C(=O)O)CC1)CC. The van der Waals surface area contributed by atoms with Crippen LogP contribution in [0.1, 0.15) is 39.0 Å². The lowest BCUT2D eigenvalue weighted by molar-refractivity contribution is -0.153. The molecule has 0 aromatic heterocycles. The fourth-order valence-corrected chi connectivity index (χ4v) is 2.81. The van der Waals surface area contributed by atoms with Crippen molar-refractivity contribution < 1.29 is 20.1 Å². The first kappa shape index (κ1) is 20.6. The van der Waals surface area contributed by atoms with Gasteiger partial charge in [-0.1, -0.05) is 43.4 Å². The van der Waals surface area contributed by atoms with Gasteiger partial charge in [-0.3, -0.25) is 0 Å². The standard InChI is InChI=1S/C19H31NO4/c1-4-14(2)5-6-15(3)7-8-16-9-11-20(12-10-16)13-17(21)18(22)19(23)24/h5-6,16-18,21-22H,2-4,7-13H2,1H3,(H,23,24)/b6-5-. The zero-order valence-electron chi connectivity index (χ0n) is 14.7. The van der Waals surface area contributed by atoms with Gasteiger partial charge in [0.05, 0.1) is 0 Å². The van der Waals surface area contributed by atoms with E-state index >= 15 is 0 Å². The first-order valence-corrected chi connectivity index (χ1v) is 8.68. The van der Waals surface area contributed by atoms with E-state index in [9.17, 15) is 15.0 Å². The van der Waals surface area contributed by atoms with Gasteiger partial charge in [-0.15, -0.1) is 0 Å². The Morgan fingerprint density at radius 3 is 2.33 bits per heavy atom. The van der Waals surface area contributed by atoms with Crippen molar-refractivity contribution in [2.45, 2.75) is 51.2 Å². The molecule has 1 aliphatic heterocycles. The lowest BCUT2D eigenvalue weighted by atomic mass is 9.90. The van der Waals surface area contributed by atoms with E-state index in [2.05, 4.69) is 20.1 Å². The number of nitrogens with zero attached hydrogens (tertiary/aromatic N) is 1. The van der Waals surface area contributed by atoms with Gasteiger partial charge in [0.15, 0.2) is 6.10 Å². The molecule has 1 heterocycles. The molecule has 0 amide bonds.